The number of likely N-dealkylation sites (tertiary alicyclic amines) is 1. The maximum Gasteiger partial charge on any atom is 0.471 e. The van der Waals surface area contributed by atoms with E-state index in [1.54, 1.807) is 49.9 Å². The average molecular weight is 565 g/mol. The number of pyridine rings is 1. The maximum atomic E-state index is 12.8. The molecule has 12 heteroatoms. The Labute approximate surface area is 231 Å². The molecule has 3 rings (SSSR count). The third kappa shape index (κ3) is 8.85. The maximum absolute atomic E-state index is 12.8. The van der Waals surface area contributed by atoms with E-state index in [1.165, 1.54) is 25.3 Å². The van der Waals surface area contributed by atoms with Crippen LogP contribution in [0.15, 0.2) is 42.6 Å². The molecule has 1 saturated heterocycles. The summed E-state index contributed by atoms with van der Waals surface area (Å²) in [6.45, 7) is 9.48. The van der Waals surface area contributed by atoms with Gasteiger partial charge in [0.25, 0.3) is 5.91 Å². The highest BCUT2D eigenvalue weighted by Crippen LogP contribution is 2.26. The summed E-state index contributed by atoms with van der Waals surface area (Å²) in [5, 5.41) is 4.82. The Balaban J connectivity index is 1.67. The van der Waals surface area contributed by atoms with Crippen LogP contribution in [0.1, 0.15) is 68.3 Å². The molecule has 0 bridgehead atoms. The molecule has 0 saturated carbocycles. The van der Waals surface area contributed by atoms with E-state index < -0.39 is 41.8 Å². The standard InChI is InChI=1S/C28H35F3N4O5/c1-17-8-10-19(11-9-17)23(18(2)33-25(37)28(29,30)31)39-21-12-13-22(32-15-21)24(36)34-20-7-6-14-35(16-20)26(38)40-27(3,4)5/h8-13,15,18,20,23H,6-7,14,16H2,1-5H3,(H,33,37)(H,34,36)/t18-,20-,23-/m0/s1. The molecule has 2 N–H and O–H groups in total. The summed E-state index contributed by atoms with van der Waals surface area (Å²) >= 11 is 0. The summed E-state index contributed by atoms with van der Waals surface area (Å²) in [6.07, 6.45) is -3.75. The summed E-state index contributed by atoms with van der Waals surface area (Å²) in [7, 11) is 0. The number of hydrogen-bond acceptors (Lipinski definition) is 6. The zero-order valence-electron chi connectivity index (χ0n) is 23.2. The van der Waals surface area contributed by atoms with E-state index in [9.17, 15) is 27.6 Å². The van der Waals surface area contributed by atoms with Gasteiger partial charge in [-0.05, 0) is 65.2 Å². The molecule has 218 valence electrons. The highest BCUT2D eigenvalue weighted by Gasteiger charge is 2.40. The third-order valence-electron chi connectivity index (χ3n) is 6.12. The van der Waals surface area contributed by atoms with Crippen LogP contribution in [-0.2, 0) is 9.53 Å². The van der Waals surface area contributed by atoms with Gasteiger partial charge in [0.2, 0.25) is 0 Å². The summed E-state index contributed by atoms with van der Waals surface area (Å²) in [6, 6.07) is 8.57. The first-order valence-corrected chi connectivity index (χ1v) is 13.0. The van der Waals surface area contributed by atoms with Crippen molar-refractivity contribution in [2.45, 2.75) is 77.4 Å². The number of benzene rings is 1. The van der Waals surface area contributed by atoms with Gasteiger partial charge in [0.15, 0.2) is 0 Å². The van der Waals surface area contributed by atoms with Crippen molar-refractivity contribution in [1.29, 1.82) is 0 Å². The van der Waals surface area contributed by atoms with E-state index in [4.69, 9.17) is 9.47 Å². The van der Waals surface area contributed by atoms with Gasteiger partial charge in [-0.25, -0.2) is 9.78 Å². The van der Waals surface area contributed by atoms with E-state index in [1.807, 2.05) is 12.2 Å². The second kappa shape index (κ2) is 12.6. The Kier molecular flexibility index (Phi) is 9.65. The molecule has 2 heterocycles. The Morgan fingerprint density at radius 2 is 1.75 bits per heavy atom. The van der Waals surface area contributed by atoms with Gasteiger partial charge in [-0.15, -0.1) is 0 Å². The van der Waals surface area contributed by atoms with Crippen molar-refractivity contribution >= 4 is 17.9 Å². The number of carbonyl (C=O) groups is 3. The van der Waals surface area contributed by atoms with Crippen LogP contribution in [0, 0.1) is 6.92 Å². The minimum atomic E-state index is -5.04. The van der Waals surface area contributed by atoms with Crippen LogP contribution in [0.25, 0.3) is 0 Å². The van der Waals surface area contributed by atoms with Crippen molar-refractivity contribution in [1.82, 2.24) is 20.5 Å². The predicted octanol–water partition coefficient (Wildman–Crippen LogP) is 4.71. The van der Waals surface area contributed by atoms with Crippen LogP contribution in [0.2, 0.25) is 0 Å². The fourth-order valence-electron chi connectivity index (χ4n) is 4.16. The van der Waals surface area contributed by atoms with E-state index in [2.05, 4.69) is 10.3 Å². The normalized spacial score (nSPS) is 17.4. The zero-order valence-corrected chi connectivity index (χ0v) is 23.2. The van der Waals surface area contributed by atoms with E-state index in [-0.39, 0.29) is 17.5 Å². The molecule has 3 atom stereocenters. The van der Waals surface area contributed by atoms with Crippen molar-refractivity contribution in [2.24, 2.45) is 0 Å². The van der Waals surface area contributed by atoms with Crippen molar-refractivity contribution in [2.75, 3.05) is 13.1 Å². The van der Waals surface area contributed by atoms with Crippen LogP contribution < -0.4 is 15.4 Å². The van der Waals surface area contributed by atoms with Crippen LogP contribution in [0.5, 0.6) is 5.75 Å². The number of alkyl halides is 3. The molecule has 0 aliphatic carbocycles. The molecule has 1 aromatic carbocycles. The highest BCUT2D eigenvalue weighted by atomic mass is 19.4. The SMILES string of the molecule is Cc1ccc([C@@H](Oc2ccc(C(=O)N[C@H]3CCCN(C(=O)OC(C)(C)C)C3)nc2)[C@H](C)NC(=O)C(F)(F)F)cc1. The molecule has 0 unspecified atom stereocenters. The van der Waals surface area contributed by atoms with Crippen molar-refractivity contribution in [3.05, 3.63) is 59.4 Å². The zero-order chi connectivity index (χ0) is 29.7. The number of ether oxygens (including phenoxy) is 2. The third-order valence-corrected chi connectivity index (χ3v) is 6.12. The Bertz CT molecular complexity index is 1180. The monoisotopic (exact) mass is 564 g/mol. The first kappa shape index (κ1) is 30.7. The molecule has 3 amide bonds. The number of rotatable bonds is 7. The lowest BCUT2D eigenvalue weighted by Crippen LogP contribution is -2.50. The van der Waals surface area contributed by atoms with Gasteiger partial charge in [0.1, 0.15) is 23.1 Å². The lowest BCUT2D eigenvalue weighted by atomic mass is 10.0. The lowest BCUT2D eigenvalue weighted by molar-refractivity contribution is -0.174. The molecule has 9 nitrogen and oxygen atoms in total. The highest BCUT2D eigenvalue weighted by molar-refractivity contribution is 5.92. The van der Waals surface area contributed by atoms with Gasteiger partial charge >= 0.3 is 18.2 Å². The minimum absolute atomic E-state index is 0.104. The van der Waals surface area contributed by atoms with Crippen molar-refractivity contribution < 1.29 is 37.0 Å². The summed E-state index contributed by atoms with van der Waals surface area (Å²) in [5.74, 6) is -2.31. The molecule has 2 aromatic rings. The number of aromatic nitrogens is 1. The number of nitrogens with one attached hydrogen (secondary N) is 2. The van der Waals surface area contributed by atoms with E-state index in [0.29, 0.717) is 31.5 Å². The number of nitrogens with zero attached hydrogens (tertiary/aromatic N) is 2. The topological polar surface area (TPSA) is 110 Å². The molecule has 0 radical (unpaired) electrons. The molecular formula is C28H35F3N4O5. The van der Waals surface area contributed by atoms with Gasteiger partial charge in [-0.2, -0.15) is 13.2 Å². The average Bonchev–Trinajstić information content (AvgIpc) is 2.86. The predicted molar refractivity (Wildman–Crippen MR) is 141 cm³/mol. The number of halogens is 3. The quantitative estimate of drug-likeness (QED) is 0.504. The smallest absolute Gasteiger partial charge is 0.471 e. The number of hydrogen-bond donors (Lipinski definition) is 2. The van der Waals surface area contributed by atoms with Gasteiger partial charge in [-0.3, -0.25) is 9.59 Å². The second-order valence-corrected chi connectivity index (χ2v) is 10.8. The molecule has 1 aliphatic heterocycles. The Hall–Kier alpha value is -3.83. The number of piperidine rings is 1. The lowest BCUT2D eigenvalue weighted by Gasteiger charge is -2.34. The Morgan fingerprint density at radius 3 is 2.33 bits per heavy atom. The van der Waals surface area contributed by atoms with Gasteiger partial charge < -0.3 is 25.0 Å². The first-order valence-electron chi connectivity index (χ1n) is 13.0. The van der Waals surface area contributed by atoms with Crippen LogP contribution in [0.3, 0.4) is 0 Å². The molecule has 1 aromatic heterocycles. The van der Waals surface area contributed by atoms with Gasteiger partial charge in [0, 0.05) is 19.1 Å². The first-order chi connectivity index (χ1) is 18.6. The number of carbonyl (C=O) groups excluding carboxylic acids is 3. The summed E-state index contributed by atoms with van der Waals surface area (Å²) in [5.41, 5.74) is 0.973. The molecule has 40 heavy (non-hydrogen) atoms. The van der Waals surface area contributed by atoms with Crippen molar-refractivity contribution in [3.8, 4) is 5.75 Å². The van der Waals surface area contributed by atoms with Gasteiger partial charge in [0.05, 0.1) is 12.2 Å². The van der Waals surface area contributed by atoms with E-state index >= 15 is 0 Å². The van der Waals surface area contributed by atoms with Crippen LogP contribution in [0.4, 0.5) is 18.0 Å². The van der Waals surface area contributed by atoms with Crippen molar-refractivity contribution in [3.63, 3.8) is 0 Å². The fourth-order valence-corrected chi connectivity index (χ4v) is 4.16. The number of amides is 3. The van der Waals surface area contributed by atoms with Crippen LogP contribution >= 0.6 is 0 Å². The summed E-state index contributed by atoms with van der Waals surface area (Å²) in [4.78, 5) is 42.5. The molecule has 1 aliphatic rings. The Morgan fingerprint density at radius 1 is 1.07 bits per heavy atom. The minimum Gasteiger partial charge on any atom is -0.482 e. The van der Waals surface area contributed by atoms with E-state index in [0.717, 1.165) is 5.56 Å². The number of aryl methyl sites for hydroxylation is 1. The fraction of sp³-hybridized carbons (Fsp3) is 0.500. The molecular weight excluding hydrogens is 529 g/mol. The summed E-state index contributed by atoms with van der Waals surface area (Å²) < 4.78 is 49.9. The molecule has 0 spiro atoms. The largest absolute Gasteiger partial charge is 0.482 e. The van der Waals surface area contributed by atoms with Gasteiger partial charge in [-0.1, -0.05) is 29.8 Å². The second-order valence-electron chi connectivity index (χ2n) is 10.8. The molecule has 1 fully saturated rings. The van der Waals surface area contributed by atoms with Crippen LogP contribution in [-0.4, -0.2) is 64.7 Å².